The van der Waals surface area contributed by atoms with Gasteiger partial charge in [0, 0.05) is 34.6 Å². The molecule has 0 atom stereocenters. The summed E-state index contributed by atoms with van der Waals surface area (Å²) in [5, 5.41) is 0. The van der Waals surface area contributed by atoms with E-state index in [4.69, 9.17) is 9.97 Å². The molecule has 0 saturated heterocycles. The van der Waals surface area contributed by atoms with Crippen LogP contribution in [0.25, 0.3) is 56.3 Å². The normalized spacial score (nSPS) is 11.3. The van der Waals surface area contributed by atoms with Crippen molar-refractivity contribution in [2.24, 2.45) is 0 Å². The molecule has 0 amide bonds. The highest BCUT2D eigenvalue weighted by atomic mass is 15.0. The Morgan fingerprint density at radius 1 is 0.389 bits per heavy atom. The summed E-state index contributed by atoms with van der Waals surface area (Å²) in [4.78, 5) is 10.4. The van der Waals surface area contributed by atoms with Crippen molar-refractivity contribution in [3.63, 3.8) is 0 Å². The number of hydrogen-bond donors (Lipinski definition) is 0. The first-order chi connectivity index (χ1) is 17.9. The maximum absolute atomic E-state index is 5.19. The Balaban J connectivity index is 1.49. The topological polar surface area (TPSA) is 34.6 Å². The molecular formula is C32H22N4. The summed E-state index contributed by atoms with van der Waals surface area (Å²) in [7, 11) is 0. The molecule has 170 valence electrons. The molecule has 0 radical (unpaired) electrons. The Kier molecular flexibility index (Phi) is 4.74. The van der Waals surface area contributed by atoms with Gasteiger partial charge < -0.3 is 0 Å². The van der Waals surface area contributed by atoms with Gasteiger partial charge in [-0.3, -0.25) is 8.80 Å². The highest BCUT2D eigenvalue weighted by molar-refractivity contribution is 5.88. The van der Waals surface area contributed by atoms with Crippen molar-refractivity contribution in [3.8, 4) is 45.3 Å². The highest BCUT2D eigenvalue weighted by Gasteiger charge is 2.20. The summed E-state index contributed by atoms with van der Waals surface area (Å²) in [5.41, 5.74) is 8.37. The average molecular weight is 463 g/mol. The molecule has 0 aliphatic carbocycles. The summed E-state index contributed by atoms with van der Waals surface area (Å²) >= 11 is 0. The van der Waals surface area contributed by atoms with Gasteiger partial charge in [-0.1, -0.05) is 97.1 Å². The lowest BCUT2D eigenvalue weighted by atomic mass is 10.1. The third-order valence-electron chi connectivity index (χ3n) is 6.60. The zero-order valence-corrected chi connectivity index (χ0v) is 19.5. The summed E-state index contributed by atoms with van der Waals surface area (Å²) in [6.07, 6.45) is 4.17. The molecule has 0 spiro atoms. The van der Waals surface area contributed by atoms with E-state index in [1.807, 2.05) is 24.3 Å². The number of nitrogens with zero attached hydrogens (tertiary/aromatic N) is 4. The smallest absolute Gasteiger partial charge is 0.146 e. The molecule has 0 aliphatic heterocycles. The molecule has 36 heavy (non-hydrogen) atoms. The Hall–Kier alpha value is -4.96. The van der Waals surface area contributed by atoms with Crippen LogP contribution in [0.1, 0.15) is 0 Å². The van der Waals surface area contributed by atoms with E-state index in [9.17, 15) is 0 Å². The molecule has 0 aliphatic rings. The van der Waals surface area contributed by atoms with Crippen LogP contribution in [0.4, 0.5) is 0 Å². The Labute approximate surface area is 208 Å². The first-order valence-corrected chi connectivity index (χ1v) is 12.0. The summed E-state index contributed by atoms with van der Waals surface area (Å²) < 4.78 is 4.35. The Morgan fingerprint density at radius 3 is 1.22 bits per heavy atom. The fraction of sp³-hybridized carbons (Fsp3) is 0. The van der Waals surface area contributed by atoms with Crippen LogP contribution in [-0.2, 0) is 0 Å². The second-order valence-electron chi connectivity index (χ2n) is 8.76. The zero-order valence-electron chi connectivity index (χ0n) is 19.5. The van der Waals surface area contributed by atoms with Crippen molar-refractivity contribution in [2.45, 2.75) is 0 Å². The Morgan fingerprint density at radius 2 is 0.778 bits per heavy atom. The van der Waals surface area contributed by atoms with Gasteiger partial charge in [-0.25, -0.2) is 9.97 Å². The molecule has 7 aromatic rings. The molecule has 4 aromatic heterocycles. The summed E-state index contributed by atoms with van der Waals surface area (Å²) in [6.45, 7) is 0. The van der Waals surface area contributed by atoms with Gasteiger partial charge in [-0.15, -0.1) is 0 Å². The molecular weight excluding hydrogens is 440 g/mol. The van der Waals surface area contributed by atoms with Crippen LogP contribution < -0.4 is 0 Å². The van der Waals surface area contributed by atoms with E-state index >= 15 is 0 Å². The minimum Gasteiger partial charge on any atom is -0.299 e. The van der Waals surface area contributed by atoms with E-state index in [1.165, 1.54) is 0 Å². The first kappa shape index (κ1) is 20.4. The van der Waals surface area contributed by atoms with Crippen molar-refractivity contribution in [3.05, 3.63) is 134 Å². The van der Waals surface area contributed by atoms with Crippen LogP contribution in [-0.4, -0.2) is 18.8 Å². The third kappa shape index (κ3) is 3.23. The number of aromatic nitrogens is 4. The summed E-state index contributed by atoms with van der Waals surface area (Å²) in [6, 6.07) is 41.6. The van der Waals surface area contributed by atoms with Gasteiger partial charge in [0.05, 0.1) is 22.4 Å². The third-order valence-corrected chi connectivity index (χ3v) is 6.60. The minimum atomic E-state index is 0.897. The number of benzene rings is 3. The first-order valence-electron chi connectivity index (χ1n) is 12.0. The standard InChI is InChI=1S/C32H22N4/c1-3-13-23(14-4-1)29-27-19-9-11-21-35(27)31(33-29)25-17-7-8-18-26(25)32-34-30(24-15-5-2-6-16-24)28-20-10-12-22-36(28)32/h1-22H. The molecule has 4 heteroatoms. The molecule has 0 unspecified atom stereocenters. The monoisotopic (exact) mass is 462 g/mol. The van der Waals surface area contributed by atoms with E-state index in [-0.39, 0.29) is 0 Å². The lowest BCUT2D eigenvalue weighted by Gasteiger charge is -2.08. The number of pyridine rings is 2. The van der Waals surface area contributed by atoms with E-state index in [0.29, 0.717) is 0 Å². The van der Waals surface area contributed by atoms with Crippen molar-refractivity contribution in [2.75, 3.05) is 0 Å². The largest absolute Gasteiger partial charge is 0.299 e. The van der Waals surface area contributed by atoms with Gasteiger partial charge in [0.2, 0.25) is 0 Å². The van der Waals surface area contributed by atoms with E-state index < -0.39 is 0 Å². The Bertz CT molecular complexity index is 1690. The van der Waals surface area contributed by atoms with Crippen molar-refractivity contribution >= 4 is 11.0 Å². The molecule has 0 fully saturated rings. The maximum atomic E-state index is 5.19. The van der Waals surface area contributed by atoms with Gasteiger partial charge in [0.15, 0.2) is 0 Å². The second-order valence-corrected chi connectivity index (χ2v) is 8.76. The van der Waals surface area contributed by atoms with Gasteiger partial charge in [-0.2, -0.15) is 0 Å². The summed E-state index contributed by atoms with van der Waals surface area (Å²) in [5.74, 6) is 1.79. The van der Waals surface area contributed by atoms with Gasteiger partial charge >= 0.3 is 0 Å². The predicted molar refractivity (Wildman–Crippen MR) is 146 cm³/mol. The van der Waals surface area contributed by atoms with Crippen LogP contribution in [0.15, 0.2) is 134 Å². The molecule has 0 N–H and O–H groups in total. The van der Waals surface area contributed by atoms with Gasteiger partial charge in [0.1, 0.15) is 11.6 Å². The van der Waals surface area contributed by atoms with E-state index in [1.54, 1.807) is 0 Å². The van der Waals surface area contributed by atoms with Crippen LogP contribution in [0, 0.1) is 0 Å². The molecule has 3 aromatic carbocycles. The van der Waals surface area contributed by atoms with E-state index in [0.717, 1.165) is 56.3 Å². The quantitative estimate of drug-likeness (QED) is 0.269. The van der Waals surface area contributed by atoms with Crippen LogP contribution in [0.3, 0.4) is 0 Å². The molecule has 4 heterocycles. The molecule has 0 bridgehead atoms. The molecule has 7 rings (SSSR count). The van der Waals surface area contributed by atoms with Crippen molar-refractivity contribution in [1.29, 1.82) is 0 Å². The van der Waals surface area contributed by atoms with Gasteiger partial charge in [0.25, 0.3) is 0 Å². The zero-order chi connectivity index (χ0) is 23.9. The molecule has 0 saturated carbocycles. The van der Waals surface area contributed by atoms with Gasteiger partial charge in [-0.05, 0) is 24.3 Å². The maximum Gasteiger partial charge on any atom is 0.146 e. The number of rotatable bonds is 4. The minimum absolute atomic E-state index is 0.897. The van der Waals surface area contributed by atoms with Crippen molar-refractivity contribution in [1.82, 2.24) is 18.8 Å². The van der Waals surface area contributed by atoms with Crippen molar-refractivity contribution < 1.29 is 0 Å². The van der Waals surface area contributed by atoms with Crippen LogP contribution in [0.5, 0.6) is 0 Å². The number of imidazole rings is 2. The van der Waals surface area contributed by atoms with E-state index in [2.05, 4.69) is 118 Å². The lowest BCUT2D eigenvalue weighted by Crippen LogP contribution is -1.95. The number of hydrogen-bond acceptors (Lipinski definition) is 2. The molecule has 4 nitrogen and oxygen atoms in total. The average Bonchev–Trinajstić information content (AvgIpc) is 3.54. The van der Waals surface area contributed by atoms with Crippen LogP contribution in [0.2, 0.25) is 0 Å². The number of fused-ring (bicyclic) bond motifs is 2. The highest BCUT2D eigenvalue weighted by Crippen LogP contribution is 2.37. The predicted octanol–water partition coefficient (Wildman–Crippen LogP) is 7.65. The lowest BCUT2D eigenvalue weighted by molar-refractivity contribution is 1.14. The van der Waals surface area contributed by atoms with Crippen LogP contribution >= 0.6 is 0 Å². The second kappa shape index (κ2) is 8.36. The fourth-order valence-electron chi connectivity index (χ4n) is 4.95. The SMILES string of the molecule is c1ccc(-c2nc(-c3ccccc3-c3nc(-c4ccccc4)c4ccccn34)n3ccccc23)cc1. The fourth-order valence-corrected chi connectivity index (χ4v) is 4.95.